The SMILES string of the molecule is COc1ccc(C=C2C(=O)NC(=S)NC2=O)c(OCc2ccc(Cl)c(Cl)c2)c1. The van der Waals surface area contributed by atoms with Crippen molar-refractivity contribution >= 4 is 58.4 Å². The third kappa shape index (κ3) is 4.62. The molecule has 1 aliphatic rings. The van der Waals surface area contributed by atoms with Crippen molar-refractivity contribution in [3.05, 3.63) is 63.1 Å². The van der Waals surface area contributed by atoms with E-state index in [1.165, 1.54) is 13.2 Å². The van der Waals surface area contributed by atoms with Crippen molar-refractivity contribution in [3.8, 4) is 11.5 Å². The predicted molar refractivity (Wildman–Crippen MR) is 111 cm³/mol. The first-order valence-electron chi connectivity index (χ1n) is 8.00. The Morgan fingerprint density at radius 2 is 1.75 bits per heavy atom. The topological polar surface area (TPSA) is 76.7 Å². The molecule has 3 rings (SSSR count). The maximum Gasteiger partial charge on any atom is 0.263 e. The summed E-state index contributed by atoms with van der Waals surface area (Å²) in [5, 5.41) is 5.62. The summed E-state index contributed by atoms with van der Waals surface area (Å²) in [6.07, 6.45) is 1.43. The van der Waals surface area contributed by atoms with Gasteiger partial charge in [-0.3, -0.25) is 20.2 Å². The lowest BCUT2D eigenvalue weighted by Crippen LogP contribution is -2.51. The van der Waals surface area contributed by atoms with E-state index < -0.39 is 11.8 Å². The molecule has 1 aliphatic heterocycles. The molecule has 1 fully saturated rings. The molecule has 0 saturated carbocycles. The summed E-state index contributed by atoms with van der Waals surface area (Å²) in [6.45, 7) is 0.197. The highest BCUT2D eigenvalue weighted by Gasteiger charge is 2.26. The van der Waals surface area contributed by atoms with Crippen LogP contribution in [0.5, 0.6) is 11.5 Å². The zero-order valence-corrected chi connectivity index (χ0v) is 16.9. The van der Waals surface area contributed by atoms with Gasteiger partial charge in [0.25, 0.3) is 11.8 Å². The van der Waals surface area contributed by atoms with Gasteiger partial charge in [-0.2, -0.15) is 0 Å². The molecule has 0 aromatic heterocycles. The number of rotatable bonds is 5. The Morgan fingerprint density at radius 3 is 2.39 bits per heavy atom. The van der Waals surface area contributed by atoms with Crippen LogP contribution in [0.25, 0.3) is 6.08 Å². The first-order chi connectivity index (χ1) is 13.4. The number of ether oxygens (including phenoxy) is 2. The van der Waals surface area contributed by atoms with E-state index in [4.69, 9.17) is 44.9 Å². The summed E-state index contributed by atoms with van der Waals surface area (Å²) >= 11 is 16.8. The second kappa shape index (κ2) is 8.60. The summed E-state index contributed by atoms with van der Waals surface area (Å²) in [5.41, 5.74) is 1.24. The molecule has 2 N–H and O–H groups in total. The van der Waals surface area contributed by atoms with Gasteiger partial charge in [-0.15, -0.1) is 0 Å². The van der Waals surface area contributed by atoms with Crippen molar-refractivity contribution in [1.29, 1.82) is 0 Å². The number of nitrogens with one attached hydrogen (secondary N) is 2. The smallest absolute Gasteiger partial charge is 0.263 e. The third-order valence-electron chi connectivity index (χ3n) is 3.84. The number of carbonyl (C=O) groups excluding carboxylic acids is 2. The van der Waals surface area contributed by atoms with Crippen molar-refractivity contribution in [2.45, 2.75) is 6.61 Å². The van der Waals surface area contributed by atoms with Crippen molar-refractivity contribution in [2.24, 2.45) is 0 Å². The summed E-state index contributed by atoms with van der Waals surface area (Å²) in [4.78, 5) is 24.2. The maximum absolute atomic E-state index is 12.1. The van der Waals surface area contributed by atoms with E-state index in [2.05, 4.69) is 10.6 Å². The molecule has 1 heterocycles. The molecule has 9 heteroatoms. The van der Waals surface area contributed by atoms with Crippen molar-refractivity contribution in [2.75, 3.05) is 7.11 Å². The van der Waals surface area contributed by atoms with Gasteiger partial charge in [0.15, 0.2) is 5.11 Å². The number of amides is 2. The van der Waals surface area contributed by atoms with Crippen LogP contribution in [0.1, 0.15) is 11.1 Å². The van der Waals surface area contributed by atoms with Crippen LogP contribution in [0.3, 0.4) is 0 Å². The second-order valence-corrected chi connectivity index (χ2v) is 6.96. The van der Waals surface area contributed by atoms with E-state index in [1.807, 2.05) is 0 Å². The highest BCUT2D eigenvalue weighted by atomic mass is 35.5. The number of carbonyl (C=O) groups is 2. The largest absolute Gasteiger partial charge is 0.497 e. The van der Waals surface area contributed by atoms with Crippen LogP contribution in [-0.4, -0.2) is 24.0 Å². The first kappa shape index (κ1) is 20.1. The molecule has 1 saturated heterocycles. The van der Waals surface area contributed by atoms with Crippen LogP contribution in [-0.2, 0) is 16.2 Å². The Bertz CT molecular complexity index is 985. The second-order valence-electron chi connectivity index (χ2n) is 5.74. The molecule has 0 bridgehead atoms. The number of benzene rings is 2. The molecule has 2 amide bonds. The van der Waals surface area contributed by atoms with Crippen molar-refractivity contribution < 1.29 is 19.1 Å². The monoisotopic (exact) mass is 436 g/mol. The quantitative estimate of drug-likeness (QED) is 0.426. The van der Waals surface area contributed by atoms with Gasteiger partial charge in [0.1, 0.15) is 23.7 Å². The lowest BCUT2D eigenvalue weighted by atomic mass is 10.1. The predicted octanol–water partition coefficient (Wildman–Crippen LogP) is 3.50. The van der Waals surface area contributed by atoms with Gasteiger partial charge >= 0.3 is 0 Å². The molecule has 2 aromatic rings. The van der Waals surface area contributed by atoms with Gasteiger partial charge in [0.2, 0.25) is 0 Å². The lowest BCUT2D eigenvalue weighted by Gasteiger charge is -2.17. The van der Waals surface area contributed by atoms with Gasteiger partial charge in [0, 0.05) is 11.6 Å². The molecule has 0 radical (unpaired) electrons. The fourth-order valence-corrected chi connectivity index (χ4v) is 2.94. The highest BCUT2D eigenvalue weighted by molar-refractivity contribution is 7.80. The van der Waals surface area contributed by atoms with Gasteiger partial charge in [-0.25, -0.2) is 0 Å². The fourth-order valence-electron chi connectivity index (χ4n) is 2.44. The zero-order valence-electron chi connectivity index (χ0n) is 14.5. The highest BCUT2D eigenvalue weighted by Crippen LogP contribution is 2.29. The Kier molecular flexibility index (Phi) is 6.18. The van der Waals surface area contributed by atoms with E-state index in [9.17, 15) is 9.59 Å². The molecular formula is C19H14Cl2N2O4S. The van der Waals surface area contributed by atoms with E-state index >= 15 is 0 Å². The average Bonchev–Trinajstić information content (AvgIpc) is 2.66. The van der Waals surface area contributed by atoms with E-state index in [0.29, 0.717) is 27.1 Å². The van der Waals surface area contributed by atoms with Crippen molar-refractivity contribution in [3.63, 3.8) is 0 Å². The number of hydrogen-bond acceptors (Lipinski definition) is 5. The van der Waals surface area contributed by atoms with Gasteiger partial charge < -0.3 is 9.47 Å². The minimum atomic E-state index is -0.583. The molecule has 0 spiro atoms. The number of halogens is 2. The standard InChI is InChI=1S/C19H14Cl2N2O4S/c1-26-12-4-3-11(7-13-17(24)22-19(28)23-18(13)25)16(8-12)27-9-10-2-5-14(20)15(21)6-10/h2-8H,9H2,1H3,(H2,22,23,24,25,28). The van der Waals surface area contributed by atoms with Crippen LogP contribution < -0.4 is 20.1 Å². The maximum atomic E-state index is 12.1. The molecular weight excluding hydrogens is 423 g/mol. The van der Waals surface area contributed by atoms with Gasteiger partial charge in [0.05, 0.1) is 17.2 Å². The van der Waals surface area contributed by atoms with Gasteiger partial charge in [-0.05, 0) is 48.1 Å². The summed E-state index contributed by atoms with van der Waals surface area (Å²) < 4.78 is 11.1. The van der Waals surface area contributed by atoms with E-state index in [1.54, 1.807) is 36.4 Å². The minimum absolute atomic E-state index is 0.0297. The fraction of sp³-hybridized carbons (Fsp3) is 0.105. The molecule has 144 valence electrons. The van der Waals surface area contributed by atoms with Gasteiger partial charge in [-0.1, -0.05) is 29.3 Å². The van der Waals surface area contributed by atoms with Crippen molar-refractivity contribution in [1.82, 2.24) is 10.6 Å². The lowest BCUT2D eigenvalue weighted by molar-refractivity contribution is -0.123. The zero-order chi connectivity index (χ0) is 20.3. The van der Waals surface area contributed by atoms with Crippen LogP contribution in [0, 0.1) is 0 Å². The third-order valence-corrected chi connectivity index (χ3v) is 4.79. The van der Waals surface area contributed by atoms with E-state index in [0.717, 1.165) is 5.56 Å². The summed E-state index contributed by atoms with van der Waals surface area (Å²) in [6, 6.07) is 10.2. The molecule has 0 atom stereocenters. The average molecular weight is 437 g/mol. The van der Waals surface area contributed by atoms with Crippen LogP contribution in [0.15, 0.2) is 42.0 Å². The normalized spacial score (nSPS) is 13.7. The number of methoxy groups -OCH3 is 1. The Morgan fingerprint density at radius 1 is 1.04 bits per heavy atom. The summed E-state index contributed by atoms with van der Waals surface area (Å²) in [5.74, 6) is -0.184. The van der Waals surface area contributed by atoms with Crippen LogP contribution in [0.4, 0.5) is 0 Å². The first-order valence-corrected chi connectivity index (χ1v) is 9.17. The summed E-state index contributed by atoms with van der Waals surface area (Å²) in [7, 11) is 1.53. The molecule has 6 nitrogen and oxygen atoms in total. The number of hydrogen-bond donors (Lipinski definition) is 2. The van der Waals surface area contributed by atoms with E-state index in [-0.39, 0.29) is 17.3 Å². The Balaban J connectivity index is 1.90. The minimum Gasteiger partial charge on any atom is -0.497 e. The Labute approximate surface area is 176 Å². The number of thiocarbonyl (C=S) groups is 1. The molecule has 2 aromatic carbocycles. The van der Waals surface area contributed by atoms with Crippen LogP contribution >= 0.6 is 35.4 Å². The molecule has 0 aliphatic carbocycles. The molecule has 28 heavy (non-hydrogen) atoms. The Hall–Kier alpha value is -2.61. The molecule has 0 unspecified atom stereocenters. The van der Waals surface area contributed by atoms with Crippen LogP contribution in [0.2, 0.25) is 10.0 Å².